The van der Waals surface area contributed by atoms with Crippen molar-refractivity contribution in [3.8, 4) is 30.0 Å². The van der Waals surface area contributed by atoms with Crippen LogP contribution in [0.4, 0.5) is 0 Å². The van der Waals surface area contributed by atoms with Crippen LogP contribution in [0.5, 0.6) is 5.75 Å². The number of fused-ring (bicyclic) bond motifs is 1. The molecule has 2 fully saturated rings. The molecule has 4 aromatic rings. The minimum Gasteiger partial charge on any atom is -0.494 e. The van der Waals surface area contributed by atoms with Crippen LogP contribution in [-0.2, 0) is 23.7 Å². The second-order valence-corrected chi connectivity index (χ2v) is 14.6. The molecule has 18 heteroatoms. The number of amides is 2. The summed E-state index contributed by atoms with van der Waals surface area (Å²) in [7, 11) is 1.45. The molecule has 0 bridgehead atoms. The number of carbonyl (C=O) groups is 3. The Morgan fingerprint density at radius 1 is 0.871 bits per heavy atom. The molecule has 328 valence electrons. The average molecular weight is 851 g/mol. The van der Waals surface area contributed by atoms with Gasteiger partial charge in [0.25, 0.3) is 17.6 Å². The highest BCUT2D eigenvalue weighted by atomic mass is 16.6. The molecule has 0 atom stereocenters. The van der Waals surface area contributed by atoms with Crippen LogP contribution >= 0.6 is 0 Å². The molecule has 0 radical (unpaired) electrons. The molecule has 6 rings (SSSR count). The highest BCUT2D eigenvalue weighted by molar-refractivity contribution is 6.45. The van der Waals surface area contributed by atoms with Crippen molar-refractivity contribution in [3.63, 3.8) is 0 Å². The number of methoxy groups -OCH3 is 1. The molecule has 62 heavy (non-hydrogen) atoms. The van der Waals surface area contributed by atoms with Crippen molar-refractivity contribution in [2.24, 2.45) is 0 Å². The van der Waals surface area contributed by atoms with Crippen LogP contribution in [0.3, 0.4) is 0 Å². The van der Waals surface area contributed by atoms with Gasteiger partial charge in [0.1, 0.15) is 18.7 Å². The van der Waals surface area contributed by atoms with Crippen LogP contribution in [0.2, 0.25) is 0 Å². The highest BCUT2D eigenvalue weighted by Gasteiger charge is 2.30. The molecule has 0 spiro atoms. The zero-order chi connectivity index (χ0) is 43.5. The number of hydrogen-bond donors (Lipinski definition) is 2. The average Bonchev–Trinajstić information content (AvgIpc) is 3.99. The minimum atomic E-state index is -0.704. The maximum atomic E-state index is 13.7. The number of benzene rings is 1. The molecular formula is C44H54N10O8. The largest absolute Gasteiger partial charge is 0.494 e. The number of rotatable bonds is 23. The number of carbonyl (C=O) groups excluding carboxylic acids is 3. The van der Waals surface area contributed by atoms with E-state index >= 15 is 0 Å². The molecule has 1 aromatic carbocycles. The van der Waals surface area contributed by atoms with Gasteiger partial charge in [-0.25, -0.2) is 9.97 Å². The first-order chi connectivity index (χ1) is 30.4. The zero-order valence-corrected chi connectivity index (χ0v) is 35.2. The van der Waals surface area contributed by atoms with Crippen molar-refractivity contribution in [2.45, 2.75) is 19.3 Å². The van der Waals surface area contributed by atoms with E-state index in [-0.39, 0.29) is 23.0 Å². The SMILES string of the molecule is C#CCOCCOCCOCCOCCN1CCN(CCCNC(=O)c2ncn(-c3ncc(OC)c4c(C(=O)C(=O)N5CCC(=C(C#N)c6ccccc6)CC5)c[nH]c34)n2)CC1. The van der Waals surface area contributed by atoms with E-state index in [0.29, 0.717) is 102 Å². The number of ether oxygens (including phenoxy) is 5. The number of terminal acetylenes is 1. The van der Waals surface area contributed by atoms with Crippen LogP contribution < -0.4 is 10.1 Å². The van der Waals surface area contributed by atoms with Gasteiger partial charge in [0, 0.05) is 58.6 Å². The summed E-state index contributed by atoms with van der Waals surface area (Å²) in [5, 5.41) is 17.5. The van der Waals surface area contributed by atoms with Crippen LogP contribution in [0, 0.1) is 23.7 Å². The summed E-state index contributed by atoms with van der Waals surface area (Å²) in [4.78, 5) is 58.3. The van der Waals surface area contributed by atoms with E-state index in [1.165, 1.54) is 35.4 Å². The number of piperazine rings is 1. The lowest BCUT2D eigenvalue weighted by Gasteiger charge is -2.34. The van der Waals surface area contributed by atoms with Gasteiger partial charge in [-0.15, -0.1) is 11.5 Å². The molecule has 2 N–H and O–H groups in total. The van der Waals surface area contributed by atoms with E-state index in [4.69, 9.17) is 30.1 Å². The van der Waals surface area contributed by atoms with Gasteiger partial charge in [-0.05, 0) is 36.9 Å². The molecule has 2 amide bonds. The summed E-state index contributed by atoms with van der Waals surface area (Å²) in [5.41, 5.74) is 2.92. The number of ketones is 1. The highest BCUT2D eigenvalue weighted by Crippen LogP contribution is 2.32. The van der Waals surface area contributed by atoms with Crippen molar-refractivity contribution in [2.75, 3.05) is 119 Å². The number of aromatic amines is 1. The second-order valence-electron chi connectivity index (χ2n) is 14.6. The van der Waals surface area contributed by atoms with Crippen LogP contribution in [0.25, 0.3) is 22.3 Å². The Bertz CT molecular complexity index is 2210. The summed E-state index contributed by atoms with van der Waals surface area (Å²) in [6.45, 7) is 10.6. The normalized spacial score (nSPS) is 14.7. The molecule has 2 aliphatic heterocycles. The third-order valence-electron chi connectivity index (χ3n) is 10.7. The minimum absolute atomic E-state index is 0.0334. The standard InChI is InChI=1S/C44H54N10O8/c1-3-21-59-23-25-61-27-28-62-26-24-60-22-20-52-18-16-51(17-19-52)13-7-12-46-43(56)41-49-32-54(50-41)42-39-38(37(58-2)31-48-42)36(30-47-39)40(55)44(57)53-14-10-34(11-15-53)35(29-45)33-8-5-4-6-9-33/h1,4-6,8-9,30-32,47H,7,10-28H2,2H3,(H,46,56). The molecule has 2 saturated heterocycles. The number of H-pyrrole nitrogens is 1. The van der Waals surface area contributed by atoms with Crippen LogP contribution in [-0.4, -0.2) is 176 Å². The third kappa shape index (κ3) is 12.3. The number of pyridine rings is 1. The number of Topliss-reactive ketones (excluding diaryl/α,β-unsaturated/α-hetero) is 1. The Kier molecular flexibility index (Phi) is 17.5. The van der Waals surface area contributed by atoms with Gasteiger partial charge in [0.2, 0.25) is 5.82 Å². The number of likely N-dealkylation sites (tertiary alicyclic amines) is 1. The topological polar surface area (TPSA) is 202 Å². The lowest BCUT2D eigenvalue weighted by molar-refractivity contribution is -0.126. The van der Waals surface area contributed by atoms with Gasteiger partial charge in [0.15, 0.2) is 5.82 Å². The van der Waals surface area contributed by atoms with Gasteiger partial charge in [-0.1, -0.05) is 36.3 Å². The van der Waals surface area contributed by atoms with Crippen molar-refractivity contribution in [1.29, 1.82) is 5.26 Å². The Hall–Kier alpha value is -5.99. The molecule has 5 heterocycles. The molecular weight excluding hydrogens is 797 g/mol. The Balaban J connectivity index is 0.910. The molecule has 18 nitrogen and oxygen atoms in total. The Morgan fingerprint density at radius 2 is 1.53 bits per heavy atom. The number of hydrogen-bond acceptors (Lipinski definition) is 14. The van der Waals surface area contributed by atoms with Crippen molar-refractivity contribution >= 4 is 34.1 Å². The number of nitrogens with zero attached hydrogens (tertiary/aromatic N) is 8. The molecule has 0 aliphatic carbocycles. The van der Waals surface area contributed by atoms with E-state index in [2.05, 4.69) is 47.2 Å². The predicted octanol–water partition coefficient (Wildman–Crippen LogP) is 2.37. The van der Waals surface area contributed by atoms with Crippen LogP contribution in [0.1, 0.15) is 45.8 Å². The van der Waals surface area contributed by atoms with Gasteiger partial charge in [-0.3, -0.25) is 19.3 Å². The quantitative estimate of drug-likeness (QED) is 0.0362. The Morgan fingerprint density at radius 3 is 2.19 bits per heavy atom. The number of aromatic nitrogens is 5. The summed E-state index contributed by atoms with van der Waals surface area (Å²) in [6, 6.07) is 11.8. The molecule has 3 aromatic heterocycles. The van der Waals surface area contributed by atoms with Gasteiger partial charge < -0.3 is 43.8 Å². The third-order valence-corrected chi connectivity index (χ3v) is 10.7. The van der Waals surface area contributed by atoms with E-state index in [0.717, 1.165) is 56.8 Å². The van der Waals surface area contributed by atoms with Crippen molar-refractivity contribution < 1.29 is 38.1 Å². The fraction of sp³-hybridized carbons (Fsp3) is 0.477. The van der Waals surface area contributed by atoms with Crippen molar-refractivity contribution in [1.82, 2.24) is 44.7 Å². The maximum absolute atomic E-state index is 13.7. The van der Waals surface area contributed by atoms with Gasteiger partial charge in [-0.2, -0.15) is 9.94 Å². The van der Waals surface area contributed by atoms with E-state index in [1.54, 1.807) is 0 Å². The predicted molar refractivity (Wildman–Crippen MR) is 229 cm³/mol. The number of nitrogens with one attached hydrogen (secondary N) is 2. The van der Waals surface area contributed by atoms with Crippen molar-refractivity contribution in [3.05, 3.63) is 71.6 Å². The van der Waals surface area contributed by atoms with E-state index in [9.17, 15) is 19.6 Å². The van der Waals surface area contributed by atoms with Crippen LogP contribution in [0.15, 0.2) is 54.6 Å². The summed E-state index contributed by atoms with van der Waals surface area (Å²) in [5.74, 6) is 1.16. The smallest absolute Gasteiger partial charge is 0.295 e. The fourth-order valence-corrected chi connectivity index (χ4v) is 7.33. The van der Waals surface area contributed by atoms with Gasteiger partial charge >= 0.3 is 0 Å². The van der Waals surface area contributed by atoms with Gasteiger partial charge in [0.05, 0.1) is 87.7 Å². The Labute approximate surface area is 361 Å². The monoisotopic (exact) mass is 850 g/mol. The number of piperidine rings is 1. The fourth-order valence-electron chi connectivity index (χ4n) is 7.33. The lowest BCUT2D eigenvalue weighted by Crippen LogP contribution is -2.47. The number of allylic oxidation sites excluding steroid dienone is 1. The first-order valence-corrected chi connectivity index (χ1v) is 20.9. The second kappa shape index (κ2) is 23.9. The number of nitriles is 1. The molecule has 2 aliphatic rings. The first-order valence-electron chi connectivity index (χ1n) is 20.9. The summed E-state index contributed by atoms with van der Waals surface area (Å²) >= 11 is 0. The lowest BCUT2D eigenvalue weighted by atomic mass is 9.93. The molecule has 0 saturated carbocycles. The van der Waals surface area contributed by atoms with E-state index < -0.39 is 17.6 Å². The molecule has 0 unspecified atom stereocenters. The maximum Gasteiger partial charge on any atom is 0.295 e. The summed E-state index contributed by atoms with van der Waals surface area (Å²) < 4.78 is 28.7. The van der Waals surface area contributed by atoms with E-state index in [1.807, 2.05) is 30.3 Å². The first kappa shape index (κ1) is 45.5. The zero-order valence-electron chi connectivity index (χ0n) is 35.2. The summed E-state index contributed by atoms with van der Waals surface area (Å²) in [6.07, 6.45) is 11.1.